The smallest absolute Gasteiger partial charge is 0.312 e. The van der Waals surface area contributed by atoms with Gasteiger partial charge < -0.3 is 20.7 Å². The number of anilines is 1. The Balaban J connectivity index is 0.000000263. The Bertz CT molecular complexity index is 831. The van der Waals surface area contributed by atoms with E-state index in [-0.39, 0.29) is 33.8 Å². The second-order valence-corrected chi connectivity index (χ2v) is 7.05. The number of nitrogens with two attached hydrogens (primary N) is 1. The van der Waals surface area contributed by atoms with E-state index in [1.54, 1.807) is 0 Å². The Labute approximate surface area is 168 Å². The summed E-state index contributed by atoms with van der Waals surface area (Å²) >= 11 is 14.6. The molecule has 0 saturated heterocycles. The van der Waals surface area contributed by atoms with Crippen molar-refractivity contribution in [3.8, 4) is 17.2 Å². The molecule has 0 unspecified atom stereocenters. The molecule has 2 aromatic carbocycles. The van der Waals surface area contributed by atoms with Gasteiger partial charge in [0.05, 0.1) is 22.7 Å². The fraction of sp³-hybridized carbons (Fsp3) is 0.250. The van der Waals surface area contributed by atoms with Gasteiger partial charge in [-0.2, -0.15) is 0 Å². The highest BCUT2D eigenvalue weighted by Crippen LogP contribution is 2.43. The average Bonchev–Trinajstić information content (AvgIpc) is 2.55. The molecule has 0 aliphatic heterocycles. The lowest BCUT2D eigenvalue weighted by atomic mass is 10.0. The third-order valence-corrected chi connectivity index (χ3v) is 4.52. The number of halogens is 3. The van der Waals surface area contributed by atoms with Crippen molar-refractivity contribution in [1.29, 1.82) is 0 Å². The van der Waals surface area contributed by atoms with Crippen LogP contribution in [0.5, 0.6) is 17.2 Å². The number of phenolic OH excluding ortho intramolecular Hbond substituents is 2. The van der Waals surface area contributed by atoms with Crippen molar-refractivity contribution in [2.45, 2.75) is 19.8 Å². The minimum atomic E-state index is -0.646. The lowest BCUT2D eigenvalue weighted by Crippen LogP contribution is -1.94. The summed E-state index contributed by atoms with van der Waals surface area (Å²) in [5.41, 5.74) is 5.78. The van der Waals surface area contributed by atoms with Gasteiger partial charge >= 0.3 is 5.69 Å². The van der Waals surface area contributed by atoms with Crippen LogP contribution in [0.15, 0.2) is 22.7 Å². The highest BCUT2D eigenvalue weighted by molar-refractivity contribution is 9.10. The lowest BCUT2D eigenvalue weighted by Gasteiger charge is -2.08. The number of hydrogen-bond acceptors (Lipinski definition) is 6. The van der Waals surface area contributed by atoms with Crippen molar-refractivity contribution in [3.05, 3.63) is 48.4 Å². The normalized spacial score (nSPS) is 10.3. The zero-order valence-corrected chi connectivity index (χ0v) is 17.2. The molecule has 7 nitrogen and oxygen atoms in total. The molecule has 0 aromatic heterocycles. The van der Waals surface area contributed by atoms with E-state index in [2.05, 4.69) is 15.9 Å². The third kappa shape index (κ3) is 5.06. The second kappa shape index (κ2) is 9.16. The van der Waals surface area contributed by atoms with E-state index < -0.39 is 4.92 Å². The van der Waals surface area contributed by atoms with Crippen molar-refractivity contribution in [2.75, 3.05) is 12.8 Å². The topological polar surface area (TPSA) is 119 Å². The van der Waals surface area contributed by atoms with E-state index in [9.17, 15) is 20.3 Å². The molecule has 4 N–H and O–H groups in total. The van der Waals surface area contributed by atoms with Gasteiger partial charge in [0.15, 0.2) is 17.2 Å². The van der Waals surface area contributed by atoms with Gasteiger partial charge in [-0.1, -0.05) is 37.0 Å². The number of nitrogen functional groups attached to an aromatic ring is 1. The molecule has 0 radical (unpaired) electrons. The maximum absolute atomic E-state index is 10.5. The summed E-state index contributed by atoms with van der Waals surface area (Å²) in [5.74, 6) is 0.0152. The predicted octanol–water partition coefficient (Wildman–Crippen LogP) is 5.48. The molecule has 0 aliphatic carbocycles. The Kier molecular flexibility index (Phi) is 7.80. The summed E-state index contributed by atoms with van der Waals surface area (Å²) in [6.07, 6.45) is 0. The van der Waals surface area contributed by atoms with E-state index in [4.69, 9.17) is 33.7 Å². The van der Waals surface area contributed by atoms with Gasteiger partial charge in [0.1, 0.15) is 4.47 Å². The minimum Gasteiger partial charge on any atom is -0.505 e. The fourth-order valence-corrected chi connectivity index (χ4v) is 3.21. The number of benzene rings is 2. The number of ether oxygens (including phenoxy) is 1. The van der Waals surface area contributed by atoms with Crippen LogP contribution < -0.4 is 10.5 Å². The zero-order valence-electron chi connectivity index (χ0n) is 14.1. The molecule has 0 atom stereocenters. The second-order valence-electron chi connectivity index (χ2n) is 5.42. The quantitative estimate of drug-likeness (QED) is 0.238. The van der Waals surface area contributed by atoms with E-state index in [1.165, 1.54) is 19.2 Å². The molecular formula is C16H17BrCl2N2O5. The number of aromatic hydroxyl groups is 2. The Morgan fingerprint density at radius 2 is 1.81 bits per heavy atom. The minimum absolute atomic E-state index is 0.00704. The van der Waals surface area contributed by atoms with E-state index in [0.717, 1.165) is 6.07 Å². The first kappa shape index (κ1) is 22.1. The van der Waals surface area contributed by atoms with Gasteiger partial charge in [0, 0.05) is 16.7 Å². The molecule has 0 fully saturated rings. The van der Waals surface area contributed by atoms with E-state index >= 15 is 0 Å². The molecule has 0 saturated carbocycles. The van der Waals surface area contributed by atoms with Crippen LogP contribution in [0.1, 0.15) is 25.3 Å². The molecule has 2 rings (SSSR count). The van der Waals surface area contributed by atoms with Crippen LogP contribution in [0.2, 0.25) is 10.0 Å². The first-order valence-electron chi connectivity index (χ1n) is 7.18. The molecule has 26 heavy (non-hydrogen) atoms. The van der Waals surface area contributed by atoms with Crippen LogP contribution in [0.25, 0.3) is 0 Å². The average molecular weight is 468 g/mol. The van der Waals surface area contributed by atoms with Crippen molar-refractivity contribution >= 4 is 50.5 Å². The van der Waals surface area contributed by atoms with E-state index in [0.29, 0.717) is 20.8 Å². The molecule has 2 aromatic rings. The monoisotopic (exact) mass is 466 g/mol. The molecule has 0 heterocycles. The number of hydrogen-bond donors (Lipinski definition) is 3. The summed E-state index contributed by atoms with van der Waals surface area (Å²) in [7, 11) is 1.46. The summed E-state index contributed by atoms with van der Waals surface area (Å²) in [4.78, 5) is 9.89. The van der Waals surface area contributed by atoms with Crippen molar-refractivity contribution in [1.82, 2.24) is 0 Å². The summed E-state index contributed by atoms with van der Waals surface area (Å²) in [5, 5.41) is 30.0. The van der Waals surface area contributed by atoms with Crippen LogP contribution in [0.3, 0.4) is 0 Å². The number of methoxy groups -OCH3 is 1. The van der Waals surface area contributed by atoms with Crippen LogP contribution in [0, 0.1) is 10.1 Å². The zero-order chi connectivity index (χ0) is 20.2. The van der Waals surface area contributed by atoms with Gasteiger partial charge in [-0.3, -0.25) is 10.1 Å². The standard InChI is InChI=1S/C9H10ClNO3.C7H7BrClNO2/c1-5(2)7-3-6(10)4-8(9(7)12)11(13)14;1-12-7-3(9)2-4(10)6(11)5(7)8/h3-5,12H,1-2H3;2,11H,10H2,1H3. The number of phenols is 2. The fourth-order valence-electron chi connectivity index (χ4n) is 1.98. The highest BCUT2D eigenvalue weighted by Gasteiger charge is 2.20. The molecule has 10 heteroatoms. The molecule has 142 valence electrons. The number of nitro benzene ring substituents is 1. The lowest BCUT2D eigenvalue weighted by molar-refractivity contribution is -0.385. The van der Waals surface area contributed by atoms with Crippen LogP contribution in [-0.2, 0) is 0 Å². The third-order valence-electron chi connectivity index (χ3n) is 3.29. The van der Waals surface area contributed by atoms with Crippen molar-refractivity contribution in [3.63, 3.8) is 0 Å². The predicted molar refractivity (Wildman–Crippen MR) is 106 cm³/mol. The van der Waals surface area contributed by atoms with Crippen LogP contribution in [-0.4, -0.2) is 22.2 Å². The Hall–Kier alpha value is -1.90. The summed E-state index contributed by atoms with van der Waals surface area (Å²) in [6, 6.07) is 4.11. The van der Waals surface area contributed by atoms with E-state index in [1.807, 2.05) is 13.8 Å². The Morgan fingerprint density at radius 1 is 1.23 bits per heavy atom. The van der Waals surface area contributed by atoms with Crippen molar-refractivity contribution < 1.29 is 19.9 Å². The highest BCUT2D eigenvalue weighted by atomic mass is 79.9. The number of rotatable bonds is 3. The maximum Gasteiger partial charge on any atom is 0.312 e. The van der Waals surface area contributed by atoms with Gasteiger partial charge in [0.2, 0.25) is 0 Å². The molecule has 0 bridgehead atoms. The summed E-state index contributed by atoms with van der Waals surface area (Å²) < 4.78 is 5.29. The number of nitro groups is 1. The Morgan fingerprint density at radius 3 is 2.27 bits per heavy atom. The largest absolute Gasteiger partial charge is 0.505 e. The maximum atomic E-state index is 10.5. The van der Waals surface area contributed by atoms with Gasteiger partial charge in [-0.15, -0.1) is 0 Å². The molecular weight excluding hydrogens is 451 g/mol. The first-order chi connectivity index (χ1) is 12.0. The molecule has 0 aliphatic rings. The first-order valence-corrected chi connectivity index (χ1v) is 8.73. The van der Waals surface area contributed by atoms with Gasteiger partial charge in [0.25, 0.3) is 0 Å². The van der Waals surface area contributed by atoms with Crippen molar-refractivity contribution in [2.24, 2.45) is 0 Å². The summed E-state index contributed by atoms with van der Waals surface area (Å²) in [6.45, 7) is 3.66. The number of nitrogens with zero attached hydrogens (tertiary/aromatic N) is 1. The van der Waals surface area contributed by atoms with Gasteiger partial charge in [-0.05, 0) is 34.0 Å². The SMILES string of the molecule is CC(C)c1cc(Cl)cc([N+](=O)[O-])c1O.COc1c(Cl)cc(N)c(O)c1Br. The van der Waals surface area contributed by atoms with Gasteiger partial charge in [-0.25, -0.2) is 0 Å². The van der Waals surface area contributed by atoms with Crippen LogP contribution in [0.4, 0.5) is 11.4 Å². The van der Waals surface area contributed by atoms with Crippen LogP contribution >= 0.6 is 39.1 Å². The molecule has 0 spiro atoms. The molecule has 0 amide bonds.